The molecule has 2 aliphatic rings. The Morgan fingerprint density at radius 2 is 1.77 bits per heavy atom. The molecule has 1 amide bonds. The molecule has 2 aromatic rings. The molecule has 0 spiro atoms. The van der Waals surface area contributed by atoms with Crippen molar-refractivity contribution in [2.75, 3.05) is 18.4 Å². The quantitative estimate of drug-likeness (QED) is 0.735. The summed E-state index contributed by atoms with van der Waals surface area (Å²) >= 11 is 1.42. The molecule has 1 aromatic heterocycles. The molecule has 1 saturated carbocycles. The van der Waals surface area contributed by atoms with Crippen LogP contribution in [0.15, 0.2) is 23.1 Å². The number of aromatic nitrogens is 2. The molecule has 0 unspecified atom stereocenters. The van der Waals surface area contributed by atoms with Gasteiger partial charge in [-0.2, -0.15) is 4.31 Å². The lowest BCUT2D eigenvalue weighted by Gasteiger charge is -2.26. The topological polar surface area (TPSA) is 92.3 Å². The number of aryl methyl sites for hydroxylation is 1. The zero-order chi connectivity index (χ0) is 21.1. The van der Waals surface area contributed by atoms with Gasteiger partial charge in [0.2, 0.25) is 15.2 Å². The van der Waals surface area contributed by atoms with Crippen molar-refractivity contribution >= 4 is 32.4 Å². The number of hydrogen-bond donors (Lipinski definition) is 1. The number of piperidine rings is 1. The maximum Gasteiger partial charge on any atom is 0.257 e. The molecule has 2 fully saturated rings. The molecule has 0 atom stereocenters. The lowest BCUT2D eigenvalue weighted by atomic mass is 9.90. The first kappa shape index (κ1) is 21.4. The number of carbonyl (C=O) groups excluding carboxylic acids is 1. The van der Waals surface area contributed by atoms with E-state index < -0.39 is 10.0 Å². The van der Waals surface area contributed by atoms with Crippen LogP contribution in [0.1, 0.15) is 78.2 Å². The first-order valence-electron chi connectivity index (χ1n) is 10.7. The number of nitrogens with zero attached hydrogens (tertiary/aromatic N) is 3. The number of nitrogens with one attached hydrogen (secondary N) is 1. The lowest BCUT2D eigenvalue weighted by molar-refractivity contribution is 0.102. The van der Waals surface area contributed by atoms with Crippen molar-refractivity contribution in [1.82, 2.24) is 14.5 Å². The van der Waals surface area contributed by atoms with Gasteiger partial charge >= 0.3 is 0 Å². The van der Waals surface area contributed by atoms with Gasteiger partial charge in [-0.3, -0.25) is 10.1 Å². The van der Waals surface area contributed by atoms with Gasteiger partial charge in [0.1, 0.15) is 5.01 Å². The molecule has 1 aliphatic carbocycles. The summed E-state index contributed by atoms with van der Waals surface area (Å²) in [5, 5.41) is 12.6. The third-order valence-electron chi connectivity index (χ3n) is 6.00. The zero-order valence-electron chi connectivity index (χ0n) is 17.3. The van der Waals surface area contributed by atoms with E-state index in [0.717, 1.165) is 37.1 Å². The Morgan fingerprint density at radius 1 is 1.07 bits per heavy atom. The summed E-state index contributed by atoms with van der Waals surface area (Å²) in [6.45, 7) is 2.83. The first-order valence-corrected chi connectivity index (χ1v) is 13.0. The SMILES string of the molecule is Cc1ccc(C(=O)Nc2nnc(C3CCCCC3)s2)cc1S(=O)(=O)N1CCCCC1. The van der Waals surface area contributed by atoms with Gasteiger partial charge in [-0.25, -0.2) is 8.42 Å². The van der Waals surface area contributed by atoms with Crippen LogP contribution in [0.3, 0.4) is 0 Å². The number of amides is 1. The van der Waals surface area contributed by atoms with E-state index in [-0.39, 0.29) is 10.8 Å². The fourth-order valence-corrected chi connectivity index (χ4v) is 6.91. The third-order valence-corrected chi connectivity index (χ3v) is 9.04. The monoisotopic (exact) mass is 448 g/mol. The molecule has 0 bridgehead atoms. The van der Waals surface area contributed by atoms with E-state index in [1.807, 2.05) is 0 Å². The molecule has 30 heavy (non-hydrogen) atoms. The number of hydrogen-bond acceptors (Lipinski definition) is 6. The number of carbonyl (C=O) groups is 1. The van der Waals surface area contributed by atoms with E-state index in [0.29, 0.717) is 35.3 Å². The Balaban J connectivity index is 1.51. The highest BCUT2D eigenvalue weighted by atomic mass is 32.2. The van der Waals surface area contributed by atoms with Gasteiger partial charge in [0.05, 0.1) is 4.90 Å². The highest BCUT2D eigenvalue weighted by molar-refractivity contribution is 7.89. The lowest BCUT2D eigenvalue weighted by Crippen LogP contribution is -2.36. The third kappa shape index (κ3) is 4.58. The van der Waals surface area contributed by atoms with E-state index in [1.165, 1.54) is 41.0 Å². The summed E-state index contributed by atoms with van der Waals surface area (Å²) in [6.07, 6.45) is 8.74. The van der Waals surface area contributed by atoms with Gasteiger partial charge in [0.15, 0.2) is 0 Å². The van der Waals surface area contributed by atoms with Crippen LogP contribution in [-0.4, -0.2) is 41.9 Å². The molecule has 9 heteroatoms. The summed E-state index contributed by atoms with van der Waals surface area (Å²) in [6, 6.07) is 4.83. The van der Waals surface area contributed by atoms with Gasteiger partial charge in [-0.1, -0.05) is 43.1 Å². The van der Waals surface area contributed by atoms with Crippen molar-refractivity contribution in [2.24, 2.45) is 0 Å². The van der Waals surface area contributed by atoms with E-state index in [1.54, 1.807) is 19.1 Å². The average molecular weight is 449 g/mol. The Labute approximate surface area is 182 Å². The van der Waals surface area contributed by atoms with E-state index >= 15 is 0 Å². The van der Waals surface area contributed by atoms with Crippen LogP contribution >= 0.6 is 11.3 Å². The first-order chi connectivity index (χ1) is 14.4. The highest BCUT2D eigenvalue weighted by Gasteiger charge is 2.28. The van der Waals surface area contributed by atoms with Crippen LogP contribution in [0.2, 0.25) is 0 Å². The van der Waals surface area contributed by atoms with Crippen LogP contribution in [0.4, 0.5) is 5.13 Å². The van der Waals surface area contributed by atoms with Crippen molar-refractivity contribution in [2.45, 2.75) is 69.1 Å². The van der Waals surface area contributed by atoms with Gasteiger partial charge in [0.25, 0.3) is 5.91 Å². The predicted octanol–water partition coefficient (Wildman–Crippen LogP) is 4.32. The molecule has 0 radical (unpaired) electrons. The summed E-state index contributed by atoms with van der Waals surface area (Å²) < 4.78 is 27.7. The van der Waals surface area contributed by atoms with Crippen LogP contribution in [0, 0.1) is 6.92 Å². The van der Waals surface area contributed by atoms with Crippen molar-refractivity contribution in [3.8, 4) is 0 Å². The number of sulfonamides is 1. The molecule has 2 heterocycles. The van der Waals surface area contributed by atoms with Crippen molar-refractivity contribution in [3.63, 3.8) is 0 Å². The second kappa shape index (κ2) is 9.11. The fourth-order valence-electron chi connectivity index (χ4n) is 4.23. The minimum absolute atomic E-state index is 0.206. The molecule has 1 saturated heterocycles. The van der Waals surface area contributed by atoms with Crippen molar-refractivity contribution in [3.05, 3.63) is 34.3 Å². The zero-order valence-corrected chi connectivity index (χ0v) is 18.9. The molecular formula is C21H28N4O3S2. The summed E-state index contributed by atoms with van der Waals surface area (Å²) in [5.74, 6) is 0.0685. The Kier molecular flexibility index (Phi) is 6.50. The van der Waals surface area contributed by atoms with Crippen LogP contribution in [0.25, 0.3) is 0 Å². The van der Waals surface area contributed by atoms with Gasteiger partial charge in [-0.05, 0) is 50.3 Å². The maximum atomic E-state index is 13.1. The highest BCUT2D eigenvalue weighted by Crippen LogP contribution is 2.35. The molecule has 1 aliphatic heterocycles. The number of rotatable bonds is 5. The second-order valence-corrected chi connectivity index (χ2v) is 11.1. The Bertz CT molecular complexity index is 1010. The van der Waals surface area contributed by atoms with Crippen LogP contribution in [0.5, 0.6) is 0 Å². The Hall–Kier alpha value is -1.84. The van der Waals surface area contributed by atoms with Crippen LogP contribution in [-0.2, 0) is 10.0 Å². The van der Waals surface area contributed by atoms with Gasteiger partial charge in [-0.15, -0.1) is 10.2 Å². The minimum atomic E-state index is -3.60. The van der Waals surface area contributed by atoms with Crippen molar-refractivity contribution in [1.29, 1.82) is 0 Å². The molecule has 162 valence electrons. The fraction of sp³-hybridized carbons (Fsp3) is 0.571. The summed E-state index contributed by atoms with van der Waals surface area (Å²) in [4.78, 5) is 13.0. The molecule has 1 N–H and O–H groups in total. The summed E-state index contributed by atoms with van der Waals surface area (Å²) in [7, 11) is -3.60. The standard InChI is InChI=1S/C21H28N4O3S2/c1-15-10-11-17(14-18(15)30(27,28)25-12-6-3-7-13-25)19(26)22-21-24-23-20(29-21)16-8-4-2-5-9-16/h10-11,14,16H,2-9,12-13H2,1H3,(H,22,24,26). The molecular weight excluding hydrogens is 420 g/mol. The Morgan fingerprint density at radius 3 is 2.50 bits per heavy atom. The molecule has 7 nitrogen and oxygen atoms in total. The van der Waals surface area contributed by atoms with E-state index in [9.17, 15) is 13.2 Å². The smallest absolute Gasteiger partial charge is 0.257 e. The minimum Gasteiger partial charge on any atom is -0.296 e. The average Bonchev–Trinajstić information content (AvgIpc) is 3.23. The number of anilines is 1. The normalized spacial score (nSPS) is 19.0. The maximum absolute atomic E-state index is 13.1. The predicted molar refractivity (Wildman–Crippen MR) is 117 cm³/mol. The van der Waals surface area contributed by atoms with Gasteiger partial charge in [0, 0.05) is 24.6 Å². The van der Waals surface area contributed by atoms with Crippen molar-refractivity contribution < 1.29 is 13.2 Å². The summed E-state index contributed by atoms with van der Waals surface area (Å²) in [5.41, 5.74) is 0.957. The largest absolute Gasteiger partial charge is 0.296 e. The van der Waals surface area contributed by atoms with Crippen LogP contribution < -0.4 is 5.32 Å². The van der Waals surface area contributed by atoms with Gasteiger partial charge < -0.3 is 0 Å². The second-order valence-electron chi connectivity index (χ2n) is 8.18. The van der Waals surface area contributed by atoms with E-state index in [2.05, 4.69) is 15.5 Å². The molecule has 4 rings (SSSR count). The number of benzene rings is 1. The molecule has 1 aromatic carbocycles. The van der Waals surface area contributed by atoms with E-state index in [4.69, 9.17) is 0 Å².